The molecule has 6 nitrogen and oxygen atoms in total. The maximum Gasteiger partial charge on any atom is 0.164 e. The molecule has 7 heteroatoms. The molecule has 0 unspecified atom stereocenters. The van der Waals surface area contributed by atoms with Crippen molar-refractivity contribution in [1.82, 2.24) is 19.9 Å². The van der Waals surface area contributed by atoms with E-state index in [-0.39, 0.29) is 0 Å². The summed E-state index contributed by atoms with van der Waals surface area (Å²) in [6.45, 7) is 0. The highest BCUT2D eigenvalue weighted by atomic mass is 32.1. The molecule has 0 aliphatic rings. The Morgan fingerprint density at radius 1 is 0.396 bits per heavy atom. The minimum absolute atomic E-state index is 0.565. The SMILES string of the molecule is c1ccc(-c2nc(-c3ccc4c(c3)oc3ccccc34)nc(-c3cccc4oc5c(-c6ccc(-c7nc8ccccc8s7)cc6)cccc5c34)n2)cc1. The summed E-state index contributed by atoms with van der Waals surface area (Å²) in [6, 6.07) is 53.5. The van der Waals surface area contributed by atoms with Gasteiger partial charge >= 0.3 is 0 Å². The van der Waals surface area contributed by atoms with E-state index in [0.717, 1.165) is 87.8 Å². The van der Waals surface area contributed by atoms with Crippen LogP contribution in [0.2, 0.25) is 0 Å². The Morgan fingerprint density at radius 2 is 1.06 bits per heavy atom. The van der Waals surface area contributed by atoms with E-state index in [9.17, 15) is 0 Å². The number of thiazole rings is 1. The third-order valence-electron chi connectivity index (χ3n) is 9.80. The predicted octanol–water partition coefficient (Wildman–Crippen LogP) is 12.6. The zero-order valence-electron chi connectivity index (χ0n) is 28.0. The van der Waals surface area contributed by atoms with Crippen LogP contribution in [-0.4, -0.2) is 19.9 Å². The maximum atomic E-state index is 6.67. The molecule has 0 amide bonds. The Balaban J connectivity index is 1.05. The van der Waals surface area contributed by atoms with Gasteiger partial charge < -0.3 is 8.83 Å². The summed E-state index contributed by atoms with van der Waals surface area (Å²) in [4.78, 5) is 20.0. The van der Waals surface area contributed by atoms with Crippen LogP contribution in [0.4, 0.5) is 0 Å². The quantitative estimate of drug-likeness (QED) is 0.178. The monoisotopic (exact) mass is 698 g/mol. The number of hydrogen-bond donors (Lipinski definition) is 0. The lowest BCUT2D eigenvalue weighted by molar-refractivity contribution is 0.669. The average Bonchev–Trinajstić information content (AvgIpc) is 3.94. The zero-order valence-corrected chi connectivity index (χ0v) is 28.8. The van der Waals surface area contributed by atoms with Crippen LogP contribution in [0.25, 0.3) is 110 Å². The molecule has 0 N–H and O–H groups in total. The third-order valence-corrected chi connectivity index (χ3v) is 10.9. The number of para-hydroxylation sites is 3. The van der Waals surface area contributed by atoms with Crippen molar-refractivity contribution in [2.75, 3.05) is 0 Å². The van der Waals surface area contributed by atoms with Crippen LogP contribution in [0, 0.1) is 0 Å². The Morgan fingerprint density at radius 3 is 1.94 bits per heavy atom. The molecule has 0 fully saturated rings. The molecule has 248 valence electrons. The fraction of sp³-hybridized carbons (Fsp3) is 0. The topological polar surface area (TPSA) is 77.8 Å². The summed E-state index contributed by atoms with van der Waals surface area (Å²) in [5, 5.41) is 5.10. The van der Waals surface area contributed by atoms with Crippen LogP contribution >= 0.6 is 11.3 Å². The van der Waals surface area contributed by atoms with Crippen molar-refractivity contribution >= 4 is 65.4 Å². The first kappa shape index (κ1) is 29.7. The van der Waals surface area contributed by atoms with Crippen LogP contribution in [0.15, 0.2) is 167 Å². The van der Waals surface area contributed by atoms with Gasteiger partial charge in [-0.3, -0.25) is 0 Å². The van der Waals surface area contributed by atoms with Gasteiger partial charge in [0.15, 0.2) is 17.5 Å². The molecule has 0 radical (unpaired) electrons. The fourth-order valence-electron chi connectivity index (χ4n) is 7.26. The van der Waals surface area contributed by atoms with Crippen molar-refractivity contribution in [3.63, 3.8) is 0 Å². The lowest BCUT2D eigenvalue weighted by atomic mass is 9.99. The van der Waals surface area contributed by atoms with Crippen molar-refractivity contribution in [3.8, 4) is 55.9 Å². The van der Waals surface area contributed by atoms with E-state index in [0.29, 0.717) is 17.5 Å². The third kappa shape index (κ3) is 4.93. The Bertz CT molecular complexity index is 3150. The molecule has 0 aliphatic heterocycles. The molecule has 0 aliphatic carbocycles. The van der Waals surface area contributed by atoms with E-state index in [1.54, 1.807) is 11.3 Å². The number of hydrogen-bond acceptors (Lipinski definition) is 7. The number of fused-ring (bicyclic) bond motifs is 7. The van der Waals surface area contributed by atoms with Gasteiger partial charge in [0.1, 0.15) is 27.3 Å². The highest BCUT2D eigenvalue weighted by Crippen LogP contribution is 2.41. The summed E-state index contributed by atoms with van der Waals surface area (Å²) >= 11 is 1.71. The highest BCUT2D eigenvalue weighted by molar-refractivity contribution is 7.21. The van der Waals surface area contributed by atoms with E-state index in [4.69, 9.17) is 28.8 Å². The molecule has 7 aromatic carbocycles. The molecule has 0 atom stereocenters. The number of furan rings is 2. The lowest BCUT2D eigenvalue weighted by Crippen LogP contribution is -2.00. The second kappa shape index (κ2) is 11.8. The van der Waals surface area contributed by atoms with Gasteiger partial charge in [-0.2, -0.15) is 0 Å². The van der Waals surface area contributed by atoms with E-state index in [1.807, 2.05) is 72.8 Å². The fourth-order valence-corrected chi connectivity index (χ4v) is 8.23. The Labute approximate surface area is 306 Å². The summed E-state index contributed by atoms with van der Waals surface area (Å²) in [5.41, 5.74) is 10.0. The second-order valence-corrected chi connectivity index (χ2v) is 14.0. The van der Waals surface area contributed by atoms with Crippen molar-refractivity contribution in [2.24, 2.45) is 0 Å². The minimum Gasteiger partial charge on any atom is -0.456 e. The molecule has 11 rings (SSSR count). The van der Waals surface area contributed by atoms with Gasteiger partial charge in [0, 0.05) is 49.4 Å². The average molecular weight is 699 g/mol. The smallest absolute Gasteiger partial charge is 0.164 e. The van der Waals surface area contributed by atoms with Crippen LogP contribution < -0.4 is 0 Å². The molecular weight excluding hydrogens is 673 g/mol. The molecule has 4 heterocycles. The number of benzene rings is 7. The van der Waals surface area contributed by atoms with Gasteiger partial charge in [-0.15, -0.1) is 11.3 Å². The Kier molecular flexibility index (Phi) is 6.62. The van der Waals surface area contributed by atoms with Crippen molar-refractivity contribution < 1.29 is 8.83 Å². The Hall–Kier alpha value is -6.96. The van der Waals surface area contributed by atoms with Gasteiger partial charge in [-0.25, -0.2) is 19.9 Å². The molecule has 0 bridgehead atoms. The number of aromatic nitrogens is 4. The van der Waals surface area contributed by atoms with Crippen molar-refractivity contribution in [3.05, 3.63) is 158 Å². The first-order chi connectivity index (χ1) is 26.2. The van der Waals surface area contributed by atoms with Crippen molar-refractivity contribution in [2.45, 2.75) is 0 Å². The van der Waals surface area contributed by atoms with Crippen LogP contribution in [0.5, 0.6) is 0 Å². The molecule has 11 aromatic rings. The van der Waals surface area contributed by atoms with E-state index in [1.165, 1.54) is 4.70 Å². The van der Waals surface area contributed by atoms with Crippen LogP contribution in [0.1, 0.15) is 0 Å². The summed E-state index contributed by atoms with van der Waals surface area (Å²) in [5.74, 6) is 1.72. The minimum atomic E-state index is 0.565. The van der Waals surface area contributed by atoms with Gasteiger partial charge in [-0.1, -0.05) is 121 Å². The molecule has 0 saturated heterocycles. The van der Waals surface area contributed by atoms with Gasteiger partial charge in [-0.05, 0) is 42.0 Å². The first-order valence-corrected chi connectivity index (χ1v) is 18.2. The predicted molar refractivity (Wildman–Crippen MR) is 215 cm³/mol. The van der Waals surface area contributed by atoms with Gasteiger partial charge in [0.25, 0.3) is 0 Å². The zero-order chi connectivity index (χ0) is 34.9. The normalized spacial score (nSPS) is 11.8. The summed E-state index contributed by atoms with van der Waals surface area (Å²) in [7, 11) is 0. The molecule has 4 aromatic heterocycles. The summed E-state index contributed by atoms with van der Waals surface area (Å²) in [6.07, 6.45) is 0. The lowest BCUT2D eigenvalue weighted by Gasteiger charge is -2.09. The van der Waals surface area contributed by atoms with E-state index >= 15 is 0 Å². The van der Waals surface area contributed by atoms with Gasteiger partial charge in [0.05, 0.1) is 10.2 Å². The largest absolute Gasteiger partial charge is 0.456 e. The van der Waals surface area contributed by atoms with Crippen molar-refractivity contribution in [1.29, 1.82) is 0 Å². The standard InChI is InChI=1S/C46H26N4O2S/c1-2-10-28(11-3-1)43-48-44(30-24-25-33-32-12-4-6-17-37(32)51-39(33)26-30)50-45(49-43)35-15-9-18-38-41(35)34-14-8-13-31(42(34)52-38)27-20-22-29(23-21-27)46-47-36-16-5-7-19-40(36)53-46/h1-26H. The van der Waals surface area contributed by atoms with E-state index in [2.05, 4.69) is 84.9 Å². The molecule has 0 saturated carbocycles. The van der Waals surface area contributed by atoms with Gasteiger partial charge in [0.2, 0.25) is 0 Å². The molecule has 0 spiro atoms. The second-order valence-electron chi connectivity index (χ2n) is 13.0. The van der Waals surface area contributed by atoms with Crippen LogP contribution in [-0.2, 0) is 0 Å². The molecular formula is C46H26N4O2S. The molecule has 53 heavy (non-hydrogen) atoms. The number of nitrogens with zero attached hydrogens (tertiary/aromatic N) is 4. The number of rotatable bonds is 5. The first-order valence-electron chi connectivity index (χ1n) is 17.4. The van der Waals surface area contributed by atoms with E-state index < -0.39 is 0 Å². The van der Waals surface area contributed by atoms with Crippen LogP contribution in [0.3, 0.4) is 0 Å². The highest BCUT2D eigenvalue weighted by Gasteiger charge is 2.20. The summed E-state index contributed by atoms with van der Waals surface area (Å²) < 4.78 is 14.1. The maximum absolute atomic E-state index is 6.67.